The van der Waals surface area contributed by atoms with E-state index in [-0.39, 0.29) is 68.0 Å². The summed E-state index contributed by atoms with van der Waals surface area (Å²) < 4.78 is 52.4. The number of carboxylic acid groups (broad SMARTS) is 1. The van der Waals surface area contributed by atoms with E-state index >= 15 is 0 Å². The maximum absolute atomic E-state index is 13.8. The van der Waals surface area contributed by atoms with Crippen molar-refractivity contribution >= 4 is 38.0 Å². The fourth-order valence-corrected chi connectivity index (χ4v) is 6.81. The van der Waals surface area contributed by atoms with Crippen LogP contribution in [0.15, 0.2) is 52.6 Å². The van der Waals surface area contributed by atoms with Crippen molar-refractivity contribution in [3.05, 3.63) is 65.1 Å². The Hall–Kier alpha value is -2.88. The van der Waals surface area contributed by atoms with Crippen LogP contribution in [-0.2, 0) is 38.0 Å². The molecule has 0 radical (unpaired) electrons. The summed E-state index contributed by atoms with van der Waals surface area (Å²) in [5.74, 6) is -0.867. The number of carboxylic acids is 1. The summed E-state index contributed by atoms with van der Waals surface area (Å²) in [7, 11) is -4.83. The van der Waals surface area contributed by atoms with Crippen molar-refractivity contribution < 1.29 is 66.7 Å². The van der Waals surface area contributed by atoms with Crippen LogP contribution in [0.4, 0.5) is 0 Å². The number of ether oxygens (including phenoxy) is 2. The molecule has 0 aliphatic rings. The molecule has 0 amide bonds. The minimum atomic E-state index is -4.36. The number of carbonyl (C=O) groups is 1. The molecule has 200 valence electrons. The van der Waals surface area contributed by atoms with Gasteiger partial charge in [-0.1, -0.05) is 0 Å². The fourth-order valence-electron chi connectivity index (χ4n) is 3.78. The number of aliphatic hydroxyl groups excluding tert-OH is 1. The molecule has 12 nitrogen and oxygen atoms in total. The number of hydrogen-bond donors (Lipinski definition) is 1. The Kier molecular flexibility index (Phi) is 9.85. The van der Waals surface area contributed by atoms with E-state index in [9.17, 15) is 27.6 Å². The number of fused-ring (bicyclic) bond motifs is 1. The summed E-state index contributed by atoms with van der Waals surface area (Å²) in [5, 5.41) is 19.8. The maximum atomic E-state index is 13.8. The first kappa shape index (κ1) is 30.7. The van der Waals surface area contributed by atoms with Crippen LogP contribution in [0.1, 0.15) is 22.5 Å². The predicted molar refractivity (Wildman–Crippen MR) is 133 cm³/mol. The van der Waals surface area contributed by atoms with Crippen LogP contribution in [0.3, 0.4) is 0 Å². The van der Waals surface area contributed by atoms with Crippen molar-refractivity contribution in [3.63, 3.8) is 0 Å². The van der Waals surface area contributed by atoms with E-state index in [1.165, 1.54) is 43.5 Å². The largest absolute Gasteiger partial charge is 1.00 e. The monoisotopic (exact) mass is 582 g/mol. The third-order valence-electron chi connectivity index (χ3n) is 5.61. The number of carbonyl (C=O) groups excluding carboxylic acids is 1. The van der Waals surface area contributed by atoms with Crippen LogP contribution < -0.4 is 44.1 Å². The average molecular weight is 583 g/mol. The zero-order valence-electron chi connectivity index (χ0n) is 21.6. The molecule has 3 heterocycles. The van der Waals surface area contributed by atoms with Gasteiger partial charge in [-0.3, -0.25) is 9.19 Å². The molecule has 0 spiro atoms. The number of rotatable bonds is 10. The molecule has 0 saturated heterocycles. The molecule has 4 rings (SSSR count). The van der Waals surface area contributed by atoms with Gasteiger partial charge in [0.1, 0.15) is 23.6 Å². The Balaban J connectivity index is 0.00000420. The normalized spacial score (nSPS) is 12.1. The summed E-state index contributed by atoms with van der Waals surface area (Å²) in [5.41, 5.74) is 2.21. The van der Waals surface area contributed by atoms with Crippen LogP contribution in [0.2, 0.25) is 0 Å². The van der Waals surface area contributed by atoms with Gasteiger partial charge in [-0.25, -0.2) is 17.4 Å². The summed E-state index contributed by atoms with van der Waals surface area (Å²) in [6, 6.07) is 7.90. The molecule has 1 N–H and O–H groups in total. The Morgan fingerprint density at radius 3 is 2.44 bits per heavy atom. The quantitative estimate of drug-likeness (QED) is 0.198. The third kappa shape index (κ3) is 6.31. The Morgan fingerprint density at radius 1 is 1.13 bits per heavy atom. The molecule has 0 aliphatic heterocycles. The summed E-state index contributed by atoms with van der Waals surface area (Å²) >= 11 is 0. The molecular formula is C24H23N4NaO8S2. The number of aryl methyl sites for hydroxylation is 1. The topological polar surface area (TPSA) is 174 Å². The van der Waals surface area contributed by atoms with Crippen molar-refractivity contribution in [2.24, 2.45) is 0 Å². The average Bonchev–Trinajstić information content (AvgIpc) is 3.29. The van der Waals surface area contributed by atoms with Crippen LogP contribution in [0.5, 0.6) is 11.5 Å². The molecule has 0 fully saturated rings. The zero-order valence-corrected chi connectivity index (χ0v) is 25.2. The second kappa shape index (κ2) is 12.5. The van der Waals surface area contributed by atoms with Gasteiger partial charge < -0.3 is 24.5 Å². The molecule has 1 aromatic carbocycles. The van der Waals surface area contributed by atoms with Gasteiger partial charge in [0, 0.05) is 17.3 Å². The Labute approximate surface area is 248 Å². The van der Waals surface area contributed by atoms with Crippen LogP contribution in [0.25, 0.3) is 11.2 Å². The van der Waals surface area contributed by atoms with Gasteiger partial charge >= 0.3 is 29.6 Å². The first-order valence-corrected chi connectivity index (χ1v) is 13.9. The summed E-state index contributed by atoms with van der Waals surface area (Å²) in [6.07, 6.45) is 1.58. The van der Waals surface area contributed by atoms with Crippen molar-refractivity contribution in [2.45, 2.75) is 36.3 Å². The van der Waals surface area contributed by atoms with Crippen LogP contribution in [0, 0.1) is 13.8 Å². The molecule has 4 aromatic rings. The number of hydrogen-bond acceptors (Lipinski definition) is 11. The van der Waals surface area contributed by atoms with Crippen molar-refractivity contribution in [2.75, 3.05) is 13.7 Å². The van der Waals surface area contributed by atoms with Gasteiger partial charge in [-0.2, -0.15) is 4.98 Å². The second-order valence-electron chi connectivity index (χ2n) is 8.14. The number of nitrogens with zero attached hydrogens (tertiary/aromatic N) is 4. The first-order chi connectivity index (χ1) is 18.1. The number of benzene rings is 1. The van der Waals surface area contributed by atoms with Crippen LogP contribution in [-0.4, -0.2) is 56.3 Å². The van der Waals surface area contributed by atoms with Gasteiger partial charge in [-0.15, -0.1) is 0 Å². The molecule has 0 bridgehead atoms. The standard InChI is InChI=1S/C24H24N4O8S2.Na/c1-14-10-25-19(15(2)22(14)35-3)13-37(32)24-27-23-20(9-4-16(11-29)26-23)28(24)38(33,34)18-7-5-17(6-8-18)36-12-21(30)31;/h4-10,29H,11-13H2,1-3H3,(H,30,31);/q;+1/p-1. The van der Waals surface area contributed by atoms with E-state index < -0.39 is 40.0 Å². The second-order valence-corrected chi connectivity index (χ2v) is 11.3. The number of pyridine rings is 2. The van der Waals surface area contributed by atoms with Gasteiger partial charge in [0.05, 0.1) is 52.5 Å². The van der Waals surface area contributed by atoms with E-state index in [0.717, 1.165) is 9.54 Å². The van der Waals surface area contributed by atoms with E-state index in [1.54, 1.807) is 13.1 Å². The molecule has 1 unspecified atom stereocenters. The van der Waals surface area contributed by atoms with E-state index in [2.05, 4.69) is 15.0 Å². The van der Waals surface area contributed by atoms with Gasteiger partial charge in [0.15, 0.2) is 5.65 Å². The smallest absolute Gasteiger partial charge is 0.546 e. The predicted octanol–water partition coefficient (Wildman–Crippen LogP) is -2.38. The molecule has 0 aliphatic carbocycles. The minimum Gasteiger partial charge on any atom is -0.546 e. The molecule has 39 heavy (non-hydrogen) atoms. The number of aromatic nitrogens is 4. The van der Waals surface area contributed by atoms with Crippen molar-refractivity contribution in [1.82, 2.24) is 18.9 Å². The molecule has 3 aromatic heterocycles. The SMILES string of the molecule is COc1c(C)cnc(CS(=O)c2nc3nc(CO)ccc3n2S(=O)(=O)c2ccc(OCC(=O)[O-])cc2)c1C.[Na+]. The Morgan fingerprint density at radius 2 is 1.82 bits per heavy atom. The van der Waals surface area contributed by atoms with Crippen LogP contribution >= 0.6 is 0 Å². The number of aliphatic carboxylic acids is 1. The number of aliphatic hydroxyl groups is 1. The molecule has 0 saturated carbocycles. The van der Waals surface area contributed by atoms with Gasteiger partial charge in [0.25, 0.3) is 10.0 Å². The fraction of sp³-hybridized carbons (Fsp3) is 0.250. The molecular weight excluding hydrogens is 559 g/mol. The first-order valence-electron chi connectivity index (χ1n) is 11.1. The molecule has 1 atom stereocenters. The van der Waals surface area contributed by atoms with E-state index in [0.29, 0.717) is 17.0 Å². The van der Waals surface area contributed by atoms with Crippen molar-refractivity contribution in [1.29, 1.82) is 0 Å². The summed E-state index contributed by atoms with van der Waals surface area (Å²) in [4.78, 5) is 23.2. The third-order valence-corrected chi connectivity index (χ3v) is 8.66. The van der Waals surface area contributed by atoms with Crippen molar-refractivity contribution in [3.8, 4) is 11.5 Å². The maximum Gasteiger partial charge on any atom is 1.00 e. The Bertz CT molecular complexity index is 1660. The van der Waals surface area contributed by atoms with Gasteiger partial charge in [-0.05, 0) is 50.2 Å². The zero-order chi connectivity index (χ0) is 27.6. The summed E-state index contributed by atoms with van der Waals surface area (Å²) in [6.45, 7) is 2.50. The minimum absolute atomic E-state index is 0. The van der Waals surface area contributed by atoms with Gasteiger partial charge in [0.2, 0.25) is 5.16 Å². The van der Waals surface area contributed by atoms with E-state index in [4.69, 9.17) is 9.47 Å². The molecule has 15 heteroatoms. The number of methoxy groups -OCH3 is 1. The van der Waals surface area contributed by atoms with E-state index in [1.807, 2.05) is 6.92 Å². The number of imidazole rings is 1.